The zero-order valence-electron chi connectivity index (χ0n) is 11.8. The molecule has 1 fully saturated rings. The first-order valence-corrected chi connectivity index (χ1v) is 7.42. The Labute approximate surface area is 108 Å². The third-order valence-electron chi connectivity index (χ3n) is 3.91. The second-order valence-electron chi connectivity index (χ2n) is 5.29. The molecule has 0 aromatic rings. The number of quaternary nitrogens is 1. The van der Waals surface area contributed by atoms with Crippen LogP contribution in [0.5, 0.6) is 0 Å². The highest BCUT2D eigenvalue weighted by Gasteiger charge is 2.20. The molecule has 0 spiro atoms. The van der Waals surface area contributed by atoms with Crippen molar-refractivity contribution in [2.45, 2.75) is 65.2 Å². The maximum Gasteiger partial charge on any atom is 0.0773 e. The van der Waals surface area contributed by atoms with Crippen molar-refractivity contribution in [3.05, 3.63) is 6.57 Å². The highest BCUT2D eigenvalue weighted by atomic mass is 15.1. The topological polar surface area (TPSA) is 28.2 Å². The first kappa shape index (κ1) is 16.4. The van der Waals surface area contributed by atoms with E-state index in [-0.39, 0.29) is 0 Å². The van der Waals surface area contributed by atoms with Crippen molar-refractivity contribution in [3.63, 3.8) is 0 Å². The first-order chi connectivity index (χ1) is 8.36. The SMILES string of the molecule is CCCCC[NH+]1CCC(CCCC)CC1.[C-]#N. The molecule has 1 aliphatic heterocycles. The lowest BCUT2D eigenvalue weighted by Gasteiger charge is -2.29. The van der Waals surface area contributed by atoms with Gasteiger partial charge in [0.2, 0.25) is 0 Å². The molecule has 1 N–H and O–H groups in total. The van der Waals surface area contributed by atoms with Gasteiger partial charge in [-0.1, -0.05) is 39.5 Å². The molecule has 1 saturated heterocycles. The summed E-state index contributed by atoms with van der Waals surface area (Å²) in [6.07, 6.45) is 11.6. The molecular formula is C15H30N2. The molecule has 100 valence electrons. The Kier molecular flexibility index (Phi) is 11.5. The van der Waals surface area contributed by atoms with Gasteiger partial charge in [-0.15, -0.1) is 0 Å². The minimum Gasteiger partial charge on any atom is -0.512 e. The average molecular weight is 238 g/mol. The van der Waals surface area contributed by atoms with Gasteiger partial charge in [-0.05, 0) is 31.6 Å². The Morgan fingerprint density at radius 3 is 2.12 bits per heavy atom. The summed E-state index contributed by atoms with van der Waals surface area (Å²) in [4.78, 5) is 1.89. The fourth-order valence-corrected chi connectivity index (χ4v) is 2.74. The van der Waals surface area contributed by atoms with E-state index in [1.807, 2.05) is 4.90 Å². The molecule has 0 amide bonds. The minimum absolute atomic E-state index is 1.07. The smallest absolute Gasteiger partial charge is 0.0773 e. The van der Waals surface area contributed by atoms with E-state index in [0.717, 1.165) is 5.92 Å². The molecule has 2 heteroatoms. The molecule has 0 aromatic carbocycles. The molecule has 0 saturated carbocycles. The van der Waals surface area contributed by atoms with Gasteiger partial charge < -0.3 is 16.7 Å². The van der Waals surface area contributed by atoms with Gasteiger partial charge >= 0.3 is 0 Å². The van der Waals surface area contributed by atoms with Gasteiger partial charge in [0.05, 0.1) is 19.6 Å². The highest BCUT2D eigenvalue weighted by molar-refractivity contribution is 4.62. The van der Waals surface area contributed by atoms with E-state index in [2.05, 4.69) is 13.8 Å². The summed E-state index contributed by atoms with van der Waals surface area (Å²) < 4.78 is 0. The number of likely N-dealkylation sites (tertiary alicyclic amines) is 1. The van der Waals surface area contributed by atoms with Crippen molar-refractivity contribution in [2.24, 2.45) is 5.92 Å². The number of piperidine rings is 1. The first-order valence-electron chi connectivity index (χ1n) is 7.42. The fraction of sp³-hybridized carbons (Fsp3) is 0.933. The molecule has 0 aromatic heterocycles. The summed E-state index contributed by atoms with van der Waals surface area (Å²) >= 11 is 0. The van der Waals surface area contributed by atoms with E-state index in [1.54, 1.807) is 0 Å². The second-order valence-corrected chi connectivity index (χ2v) is 5.29. The predicted molar refractivity (Wildman–Crippen MR) is 72.3 cm³/mol. The third kappa shape index (κ3) is 8.21. The van der Waals surface area contributed by atoms with Crippen LogP contribution in [0.15, 0.2) is 0 Å². The lowest BCUT2D eigenvalue weighted by Crippen LogP contribution is -3.13. The monoisotopic (exact) mass is 238 g/mol. The van der Waals surface area contributed by atoms with Crippen LogP contribution in [0.3, 0.4) is 0 Å². The quantitative estimate of drug-likeness (QED) is 0.536. The number of rotatable bonds is 7. The van der Waals surface area contributed by atoms with Gasteiger partial charge in [0.1, 0.15) is 0 Å². The molecule has 0 bridgehead atoms. The Balaban J connectivity index is 0.00000121. The van der Waals surface area contributed by atoms with Gasteiger partial charge in [-0.2, -0.15) is 0 Å². The van der Waals surface area contributed by atoms with E-state index in [1.165, 1.54) is 71.0 Å². The molecule has 0 radical (unpaired) electrons. The lowest BCUT2D eigenvalue weighted by atomic mass is 9.91. The summed E-state index contributed by atoms with van der Waals surface area (Å²) in [5.74, 6) is 1.07. The van der Waals surface area contributed by atoms with E-state index in [4.69, 9.17) is 11.8 Å². The molecule has 1 rings (SSSR count). The standard InChI is InChI=1S/C14H29N.CN/c1-3-5-7-11-15-12-9-14(10-13-15)8-6-4-2;1-2/h14H,3-13H2,1-2H3;/q;-1/p+1. The Morgan fingerprint density at radius 1 is 1.00 bits per heavy atom. The molecule has 0 aliphatic carbocycles. The van der Waals surface area contributed by atoms with Crippen molar-refractivity contribution >= 4 is 0 Å². The number of hydrogen-bond donors (Lipinski definition) is 1. The predicted octanol–water partition coefficient (Wildman–Crippen LogP) is 2.76. The maximum absolute atomic E-state index is 6.25. The highest BCUT2D eigenvalue weighted by Crippen LogP contribution is 2.16. The Hall–Kier alpha value is -0.550. The zero-order chi connectivity index (χ0) is 12.9. The van der Waals surface area contributed by atoms with Crippen LogP contribution in [0.2, 0.25) is 0 Å². The van der Waals surface area contributed by atoms with E-state index >= 15 is 0 Å². The van der Waals surface area contributed by atoms with Crippen LogP contribution in [-0.2, 0) is 0 Å². The van der Waals surface area contributed by atoms with Crippen LogP contribution in [0, 0.1) is 17.8 Å². The second kappa shape index (κ2) is 11.9. The number of unbranched alkanes of at least 4 members (excludes halogenated alkanes) is 3. The summed E-state index contributed by atoms with van der Waals surface area (Å²) in [5, 5.41) is 6.25. The Bertz CT molecular complexity index is 169. The van der Waals surface area contributed by atoms with Crippen LogP contribution in [0.1, 0.15) is 65.2 Å². The molecule has 17 heavy (non-hydrogen) atoms. The molecular weight excluding hydrogens is 208 g/mol. The largest absolute Gasteiger partial charge is 0.512 e. The van der Waals surface area contributed by atoms with E-state index in [0.29, 0.717) is 0 Å². The normalized spacial score (nSPS) is 23.8. The van der Waals surface area contributed by atoms with Gasteiger partial charge in [-0.3, -0.25) is 0 Å². The fourth-order valence-electron chi connectivity index (χ4n) is 2.74. The average Bonchev–Trinajstić information content (AvgIpc) is 2.40. The summed E-state index contributed by atoms with van der Waals surface area (Å²) in [5.41, 5.74) is 0. The van der Waals surface area contributed by atoms with Crippen LogP contribution in [0.25, 0.3) is 0 Å². The molecule has 2 nitrogen and oxygen atoms in total. The lowest BCUT2D eigenvalue weighted by molar-refractivity contribution is -0.906. The summed E-state index contributed by atoms with van der Waals surface area (Å²) in [6, 6.07) is 0. The van der Waals surface area contributed by atoms with Crippen LogP contribution < -0.4 is 4.90 Å². The minimum atomic E-state index is 1.07. The van der Waals surface area contributed by atoms with Gasteiger partial charge in [-0.25, -0.2) is 0 Å². The molecule has 0 atom stereocenters. The van der Waals surface area contributed by atoms with E-state index < -0.39 is 0 Å². The third-order valence-corrected chi connectivity index (χ3v) is 3.91. The van der Waals surface area contributed by atoms with Crippen LogP contribution in [0.4, 0.5) is 0 Å². The molecule has 0 unspecified atom stereocenters. The van der Waals surface area contributed by atoms with Crippen molar-refractivity contribution in [1.82, 2.24) is 0 Å². The number of hydrogen-bond acceptors (Lipinski definition) is 1. The Morgan fingerprint density at radius 2 is 1.59 bits per heavy atom. The van der Waals surface area contributed by atoms with Crippen LogP contribution >= 0.6 is 0 Å². The van der Waals surface area contributed by atoms with Crippen molar-refractivity contribution < 1.29 is 4.90 Å². The zero-order valence-corrected chi connectivity index (χ0v) is 11.8. The van der Waals surface area contributed by atoms with Crippen molar-refractivity contribution in [3.8, 4) is 0 Å². The number of nitrogens with zero attached hydrogens (tertiary/aromatic N) is 1. The molecule has 1 heterocycles. The van der Waals surface area contributed by atoms with Crippen molar-refractivity contribution in [2.75, 3.05) is 19.6 Å². The number of nitrogens with one attached hydrogen (secondary N) is 1. The van der Waals surface area contributed by atoms with Crippen LogP contribution in [-0.4, -0.2) is 19.6 Å². The maximum atomic E-state index is 6.25. The van der Waals surface area contributed by atoms with E-state index in [9.17, 15) is 0 Å². The summed E-state index contributed by atoms with van der Waals surface area (Å²) in [6.45, 7) is 13.7. The van der Waals surface area contributed by atoms with Gasteiger partial charge in [0.25, 0.3) is 0 Å². The van der Waals surface area contributed by atoms with Gasteiger partial charge in [0.15, 0.2) is 0 Å². The summed E-state index contributed by atoms with van der Waals surface area (Å²) in [7, 11) is 0. The van der Waals surface area contributed by atoms with Gasteiger partial charge in [0, 0.05) is 0 Å². The van der Waals surface area contributed by atoms with Crippen molar-refractivity contribution in [1.29, 1.82) is 5.26 Å². The molecule has 1 aliphatic rings.